The van der Waals surface area contributed by atoms with Crippen LogP contribution in [-0.4, -0.2) is 23.7 Å². The lowest BCUT2D eigenvalue weighted by atomic mass is 9.90. The molecule has 0 aliphatic rings. The molecule has 3 nitrogen and oxygen atoms in total. The van der Waals surface area contributed by atoms with Crippen molar-refractivity contribution >= 4 is 5.91 Å². The summed E-state index contributed by atoms with van der Waals surface area (Å²) >= 11 is 0. The van der Waals surface area contributed by atoms with E-state index in [1.165, 1.54) is 0 Å². The Hall–Kier alpha value is -0.570. The first-order chi connectivity index (χ1) is 7.92. The van der Waals surface area contributed by atoms with Crippen LogP contribution in [0.15, 0.2) is 0 Å². The molecule has 0 saturated heterocycles. The van der Waals surface area contributed by atoms with Crippen molar-refractivity contribution in [2.75, 3.05) is 6.54 Å². The van der Waals surface area contributed by atoms with Crippen LogP contribution < -0.4 is 5.32 Å². The van der Waals surface area contributed by atoms with Crippen LogP contribution in [0.2, 0.25) is 0 Å². The van der Waals surface area contributed by atoms with E-state index in [1.807, 2.05) is 13.8 Å². The van der Waals surface area contributed by atoms with E-state index in [4.69, 9.17) is 0 Å². The van der Waals surface area contributed by atoms with Gasteiger partial charge in [0, 0.05) is 13.0 Å². The number of hydrogen-bond acceptors (Lipinski definition) is 2. The quantitative estimate of drug-likeness (QED) is 0.688. The van der Waals surface area contributed by atoms with Crippen LogP contribution in [0.5, 0.6) is 0 Å². The minimum absolute atomic E-state index is 0.0629. The highest BCUT2D eigenvalue weighted by atomic mass is 16.3. The van der Waals surface area contributed by atoms with Gasteiger partial charge in [0.25, 0.3) is 0 Å². The van der Waals surface area contributed by atoms with Crippen LogP contribution in [0.1, 0.15) is 53.9 Å². The van der Waals surface area contributed by atoms with E-state index in [-0.39, 0.29) is 11.8 Å². The van der Waals surface area contributed by atoms with Crippen LogP contribution in [0.4, 0.5) is 0 Å². The number of carbonyl (C=O) groups excluding carboxylic acids is 1. The van der Waals surface area contributed by atoms with Crippen molar-refractivity contribution in [3.63, 3.8) is 0 Å². The number of hydrogen-bond donors (Lipinski definition) is 2. The number of aliphatic hydroxyl groups is 1. The van der Waals surface area contributed by atoms with Crippen molar-refractivity contribution in [2.24, 2.45) is 17.8 Å². The maximum absolute atomic E-state index is 11.7. The number of amides is 1. The van der Waals surface area contributed by atoms with E-state index in [1.54, 1.807) is 0 Å². The number of nitrogens with one attached hydrogen (secondary N) is 1. The molecular weight excluding hydrogens is 214 g/mol. The summed E-state index contributed by atoms with van der Waals surface area (Å²) in [5, 5.41) is 12.6. The van der Waals surface area contributed by atoms with E-state index >= 15 is 0 Å². The van der Waals surface area contributed by atoms with Gasteiger partial charge in [-0.25, -0.2) is 0 Å². The molecule has 0 aliphatic heterocycles. The van der Waals surface area contributed by atoms with E-state index < -0.39 is 6.10 Å². The third-order valence-corrected chi connectivity index (χ3v) is 3.72. The lowest BCUT2D eigenvalue weighted by Crippen LogP contribution is -2.36. The standard InChI is InChI=1S/C14H29NO2/c1-6-11(5)13(16)9-15-14(17)8-12(7-2)10(3)4/h10-13,16H,6-9H2,1-5H3,(H,15,17). The van der Waals surface area contributed by atoms with Crippen molar-refractivity contribution in [3.8, 4) is 0 Å². The van der Waals surface area contributed by atoms with Crippen molar-refractivity contribution in [1.82, 2.24) is 5.32 Å². The second-order valence-electron chi connectivity index (χ2n) is 5.37. The van der Waals surface area contributed by atoms with Crippen molar-refractivity contribution in [3.05, 3.63) is 0 Å². The molecule has 0 bridgehead atoms. The smallest absolute Gasteiger partial charge is 0.220 e. The van der Waals surface area contributed by atoms with Gasteiger partial charge in [-0.05, 0) is 17.8 Å². The Kier molecular flexibility index (Phi) is 8.23. The highest BCUT2D eigenvalue weighted by Crippen LogP contribution is 2.18. The Morgan fingerprint density at radius 3 is 2.18 bits per heavy atom. The summed E-state index contributed by atoms with van der Waals surface area (Å²) in [5.41, 5.74) is 0. The Labute approximate surface area is 106 Å². The third-order valence-electron chi connectivity index (χ3n) is 3.72. The lowest BCUT2D eigenvalue weighted by molar-refractivity contribution is -0.123. The topological polar surface area (TPSA) is 49.3 Å². The average Bonchev–Trinajstić information content (AvgIpc) is 2.31. The van der Waals surface area contributed by atoms with Crippen molar-refractivity contribution in [2.45, 2.75) is 60.0 Å². The molecule has 3 heteroatoms. The largest absolute Gasteiger partial charge is 0.391 e. The van der Waals surface area contributed by atoms with E-state index in [0.29, 0.717) is 24.8 Å². The van der Waals surface area contributed by atoms with Crippen LogP contribution in [-0.2, 0) is 4.79 Å². The minimum atomic E-state index is -0.428. The van der Waals surface area contributed by atoms with Gasteiger partial charge in [-0.1, -0.05) is 47.5 Å². The number of rotatable bonds is 8. The fraction of sp³-hybridized carbons (Fsp3) is 0.929. The predicted molar refractivity (Wildman–Crippen MR) is 71.7 cm³/mol. The first kappa shape index (κ1) is 16.4. The van der Waals surface area contributed by atoms with Crippen LogP contribution in [0.25, 0.3) is 0 Å². The zero-order chi connectivity index (χ0) is 13.4. The zero-order valence-corrected chi connectivity index (χ0v) is 12.0. The molecule has 0 fully saturated rings. The van der Waals surface area contributed by atoms with Crippen LogP contribution in [0.3, 0.4) is 0 Å². The fourth-order valence-corrected chi connectivity index (χ4v) is 1.85. The molecule has 0 saturated carbocycles. The summed E-state index contributed by atoms with van der Waals surface area (Å²) in [5.74, 6) is 1.27. The van der Waals surface area contributed by atoms with Crippen molar-refractivity contribution in [1.29, 1.82) is 0 Å². The molecule has 0 radical (unpaired) electrons. The molecule has 0 heterocycles. The Morgan fingerprint density at radius 2 is 1.76 bits per heavy atom. The lowest BCUT2D eigenvalue weighted by Gasteiger charge is -2.20. The SMILES string of the molecule is CCC(C)C(O)CNC(=O)CC(CC)C(C)C. The van der Waals surface area contributed by atoms with Gasteiger partial charge in [0.2, 0.25) is 5.91 Å². The summed E-state index contributed by atoms with van der Waals surface area (Å²) in [6.45, 7) is 10.8. The van der Waals surface area contributed by atoms with E-state index in [2.05, 4.69) is 26.1 Å². The molecule has 0 rings (SSSR count). The van der Waals surface area contributed by atoms with Crippen LogP contribution in [0, 0.1) is 17.8 Å². The minimum Gasteiger partial charge on any atom is -0.391 e. The molecule has 0 spiro atoms. The molecule has 0 aromatic rings. The molecular formula is C14H29NO2. The van der Waals surface area contributed by atoms with Gasteiger partial charge in [-0.2, -0.15) is 0 Å². The number of carbonyl (C=O) groups is 1. The molecule has 0 aromatic carbocycles. The molecule has 1 amide bonds. The van der Waals surface area contributed by atoms with Gasteiger partial charge in [-0.15, -0.1) is 0 Å². The maximum atomic E-state index is 11.7. The van der Waals surface area contributed by atoms with Gasteiger partial charge >= 0.3 is 0 Å². The number of aliphatic hydroxyl groups excluding tert-OH is 1. The summed E-state index contributed by atoms with van der Waals surface area (Å²) in [7, 11) is 0. The summed E-state index contributed by atoms with van der Waals surface area (Å²) in [6.07, 6.45) is 2.10. The average molecular weight is 243 g/mol. The molecule has 102 valence electrons. The van der Waals surface area contributed by atoms with E-state index in [0.717, 1.165) is 12.8 Å². The summed E-state index contributed by atoms with van der Waals surface area (Å²) < 4.78 is 0. The third kappa shape index (κ3) is 6.67. The normalized spacial score (nSPS) is 16.6. The molecule has 0 aliphatic carbocycles. The van der Waals surface area contributed by atoms with E-state index in [9.17, 15) is 9.90 Å². The second kappa shape index (κ2) is 8.51. The van der Waals surface area contributed by atoms with Gasteiger partial charge in [0.15, 0.2) is 0 Å². The van der Waals surface area contributed by atoms with Crippen molar-refractivity contribution < 1.29 is 9.90 Å². The predicted octanol–water partition coefficient (Wildman–Crippen LogP) is 2.58. The Bertz CT molecular complexity index is 216. The molecule has 3 unspecified atom stereocenters. The van der Waals surface area contributed by atoms with Crippen LogP contribution >= 0.6 is 0 Å². The molecule has 3 atom stereocenters. The first-order valence-corrected chi connectivity index (χ1v) is 6.87. The monoisotopic (exact) mass is 243 g/mol. The highest BCUT2D eigenvalue weighted by molar-refractivity contribution is 5.76. The summed E-state index contributed by atoms with van der Waals surface area (Å²) in [6, 6.07) is 0. The Balaban J connectivity index is 3.94. The van der Waals surface area contributed by atoms with Gasteiger partial charge in [0.1, 0.15) is 0 Å². The first-order valence-electron chi connectivity index (χ1n) is 6.87. The van der Waals surface area contributed by atoms with Gasteiger partial charge in [-0.3, -0.25) is 4.79 Å². The zero-order valence-electron chi connectivity index (χ0n) is 12.0. The maximum Gasteiger partial charge on any atom is 0.220 e. The summed E-state index contributed by atoms with van der Waals surface area (Å²) in [4.78, 5) is 11.7. The van der Waals surface area contributed by atoms with Gasteiger partial charge in [0.05, 0.1) is 6.10 Å². The van der Waals surface area contributed by atoms with Gasteiger partial charge < -0.3 is 10.4 Å². The molecule has 2 N–H and O–H groups in total. The highest BCUT2D eigenvalue weighted by Gasteiger charge is 2.17. The fourth-order valence-electron chi connectivity index (χ4n) is 1.85. The second-order valence-corrected chi connectivity index (χ2v) is 5.37. The molecule has 0 aromatic heterocycles. The Morgan fingerprint density at radius 1 is 1.18 bits per heavy atom. The molecule has 17 heavy (non-hydrogen) atoms.